The minimum atomic E-state index is 0.147. The van der Waals surface area contributed by atoms with Crippen molar-refractivity contribution < 1.29 is 9.53 Å². The number of aryl methyl sites for hydroxylation is 2. The Hall–Kier alpha value is -1.79. The fourth-order valence-corrected chi connectivity index (χ4v) is 3.55. The monoisotopic (exact) mass is 331 g/mol. The topological polar surface area (TPSA) is 47.4 Å². The summed E-state index contributed by atoms with van der Waals surface area (Å²) in [6.45, 7) is 6.81. The average Bonchev–Trinajstić information content (AvgIpc) is 3.01. The first-order chi connectivity index (χ1) is 11.1. The third-order valence-electron chi connectivity index (χ3n) is 3.91. The van der Waals surface area contributed by atoms with Crippen molar-refractivity contribution in [1.29, 1.82) is 0 Å². The van der Waals surface area contributed by atoms with Crippen LogP contribution in [0.15, 0.2) is 35.7 Å². The van der Waals surface area contributed by atoms with E-state index in [1.165, 1.54) is 22.9 Å². The van der Waals surface area contributed by atoms with Gasteiger partial charge in [0.25, 0.3) is 0 Å². The van der Waals surface area contributed by atoms with Gasteiger partial charge in [0.2, 0.25) is 5.91 Å². The molecule has 1 aliphatic heterocycles. The standard InChI is InChI=1S/C17H21N3O2S/c1-13-3-4-15(14(2)11-13)20-6-5-18-17(20)23-12-16(21)19-7-9-22-10-8-19/h3-6,11H,7-10,12H2,1-2H3. The number of ether oxygens (including phenoxy) is 1. The van der Waals surface area contributed by atoms with Gasteiger partial charge in [-0.3, -0.25) is 9.36 Å². The van der Waals surface area contributed by atoms with Crippen molar-refractivity contribution in [2.45, 2.75) is 19.0 Å². The number of hydrogen-bond donors (Lipinski definition) is 0. The van der Waals surface area contributed by atoms with Crippen LogP contribution in [0.4, 0.5) is 0 Å². The molecule has 6 heteroatoms. The van der Waals surface area contributed by atoms with E-state index in [0.717, 1.165) is 10.8 Å². The van der Waals surface area contributed by atoms with Gasteiger partial charge in [0, 0.05) is 25.5 Å². The number of hydrogen-bond acceptors (Lipinski definition) is 4. The molecule has 2 heterocycles. The van der Waals surface area contributed by atoms with Crippen LogP contribution in [0, 0.1) is 13.8 Å². The number of benzene rings is 1. The van der Waals surface area contributed by atoms with E-state index in [9.17, 15) is 4.79 Å². The normalized spacial score (nSPS) is 15.0. The summed E-state index contributed by atoms with van der Waals surface area (Å²) >= 11 is 1.48. The Morgan fingerprint density at radius 1 is 1.30 bits per heavy atom. The number of morpholine rings is 1. The van der Waals surface area contributed by atoms with Gasteiger partial charge >= 0.3 is 0 Å². The number of thioether (sulfide) groups is 1. The highest BCUT2D eigenvalue weighted by molar-refractivity contribution is 7.99. The van der Waals surface area contributed by atoms with Gasteiger partial charge in [0.1, 0.15) is 0 Å². The van der Waals surface area contributed by atoms with Gasteiger partial charge < -0.3 is 9.64 Å². The van der Waals surface area contributed by atoms with Crippen LogP contribution < -0.4 is 0 Å². The molecule has 3 rings (SSSR count). The maximum Gasteiger partial charge on any atom is 0.233 e. The summed E-state index contributed by atoms with van der Waals surface area (Å²) in [6, 6.07) is 6.35. The Labute approximate surface area is 140 Å². The number of aromatic nitrogens is 2. The van der Waals surface area contributed by atoms with Crippen LogP contribution in [0.25, 0.3) is 5.69 Å². The lowest BCUT2D eigenvalue weighted by molar-refractivity contribution is -0.132. The molecular weight excluding hydrogens is 310 g/mol. The molecule has 2 aromatic rings. The smallest absolute Gasteiger partial charge is 0.233 e. The van der Waals surface area contributed by atoms with Crippen molar-refractivity contribution in [1.82, 2.24) is 14.5 Å². The van der Waals surface area contributed by atoms with E-state index in [1.54, 1.807) is 6.20 Å². The Bertz CT molecular complexity index is 693. The highest BCUT2D eigenvalue weighted by atomic mass is 32.2. The maximum absolute atomic E-state index is 12.3. The summed E-state index contributed by atoms with van der Waals surface area (Å²) in [5.41, 5.74) is 3.54. The van der Waals surface area contributed by atoms with Crippen LogP contribution in [0.2, 0.25) is 0 Å². The summed E-state index contributed by atoms with van der Waals surface area (Å²) in [4.78, 5) is 18.5. The van der Waals surface area contributed by atoms with Crippen molar-refractivity contribution in [3.63, 3.8) is 0 Å². The largest absolute Gasteiger partial charge is 0.378 e. The highest BCUT2D eigenvalue weighted by Crippen LogP contribution is 2.23. The predicted octanol–water partition coefficient (Wildman–Crippen LogP) is 2.44. The molecule has 0 unspecified atom stereocenters. The molecule has 1 aromatic carbocycles. The van der Waals surface area contributed by atoms with Crippen molar-refractivity contribution in [2.24, 2.45) is 0 Å². The number of rotatable bonds is 4. The maximum atomic E-state index is 12.3. The van der Waals surface area contributed by atoms with E-state index >= 15 is 0 Å². The molecule has 122 valence electrons. The minimum Gasteiger partial charge on any atom is -0.378 e. The third kappa shape index (κ3) is 3.76. The SMILES string of the molecule is Cc1ccc(-n2ccnc2SCC(=O)N2CCOCC2)c(C)c1. The first-order valence-corrected chi connectivity index (χ1v) is 8.73. The van der Waals surface area contributed by atoms with E-state index in [1.807, 2.05) is 15.7 Å². The molecule has 0 atom stereocenters. The minimum absolute atomic E-state index is 0.147. The van der Waals surface area contributed by atoms with E-state index < -0.39 is 0 Å². The second kappa shape index (κ2) is 7.19. The quantitative estimate of drug-likeness (QED) is 0.808. The van der Waals surface area contributed by atoms with Gasteiger partial charge in [-0.15, -0.1) is 0 Å². The van der Waals surface area contributed by atoms with Crippen LogP contribution in [0.5, 0.6) is 0 Å². The Morgan fingerprint density at radius 3 is 2.83 bits per heavy atom. The molecule has 1 saturated heterocycles. The van der Waals surface area contributed by atoms with Crippen LogP contribution in [0.1, 0.15) is 11.1 Å². The van der Waals surface area contributed by atoms with Gasteiger partial charge in [0.15, 0.2) is 5.16 Å². The molecule has 5 nitrogen and oxygen atoms in total. The summed E-state index contributed by atoms with van der Waals surface area (Å²) in [7, 11) is 0. The van der Waals surface area contributed by atoms with Gasteiger partial charge in [-0.25, -0.2) is 4.98 Å². The predicted molar refractivity (Wildman–Crippen MR) is 91.2 cm³/mol. The van der Waals surface area contributed by atoms with Crippen molar-refractivity contribution in [2.75, 3.05) is 32.1 Å². The molecule has 0 aliphatic carbocycles. The lowest BCUT2D eigenvalue weighted by Gasteiger charge is -2.26. The number of nitrogens with zero attached hydrogens (tertiary/aromatic N) is 3. The van der Waals surface area contributed by atoms with Gasteiger partial charge in [0.05, 0.1) is 24.7 Å². The first-order valence-electron chi connectivity index (χ1n) is 7.74. The second-order valence-electron chi connectivity index (χ2n) is 5.65. The zero-order valence-electron chi connectivity index (χ0n) is 13.5. The van der Waals surface area contributed by atoms with E-state index in [2.05, 4.69) is 37.0 Å². The fraction of sp³-hybridized carbons (Fsp3) is 0.412. The van der Waals surface area contributed by atoms with E-state index in [0.29, 0.717) is 32.1 Å². The molecule has 0 saturated carbocycles. The van der Waals surface area contributed by atoms with Crippen LogP contribution in [-0.2, 0) is 9.53 Å². The van der Waals surface area contributed by atoms with Crippen LogP contribution in [-0.4, -0.2) is 52.4 Å². The average molecular weight is 331 g/mol. The third-order valence-corrected chi connectivity index (χ3v) is 4.86. The number of imidazole rings is 1. The molecule has 0 spiro atoms. The van der Waals surface area contributed by atoms with Gasteiger partial charge in [-0.05, 0) is 25.5 Å². The van der Waals surface area contributed by atoms with E-state index in [-0.39, 0.29) is 5.91 Å². The van der Waals surface area contributed by atoms with Crippen molar-refractivity contribution in [3.8, 4) is 5.69 Å². The number of amides is 1. The molecule has 1 amide bonds. The molecule has 23 heavy (non-hydrogen) atoms. The molecule has 0 N–H and O–H groups in total. The summed E-state index contributed by atoms with van der Waals surface area (Å²) in [6.07, 6.45) is 3.72. The first kappa shape index (κ1) is 16.1. The lowest BCUT2D eigenvalue weighted by Crippen LogP contribution is -2.41. The van der Waals surface area contributed by atoms with Gasteiger partial charge in [-0.1, -0.05) is 29.5 Å². The molecular formula is C17H21N3O2S. The Kier molecular flexibility index (Phi) is 5.03. The second-order valence-corrected chi connectivity index (χ2v) is 6.59. The van der Waals surface area contributed by atoms with Gasteiger partial charge in [-0.2, -0.15) is 0 Å². The molecule has 1 fully saturated rings. The molecule has 0 radical (unpaired) electrons. The van der Waals surface area contributed by atoms with Crippen LogP contribution in [0.3, 0.4) is 0 Å². The van der Waals surface area contributed by atoms with Crippen LogP contribution >= 0.6 is 11.8 Å². The number of carbonyl (C=O) groups is 1. The van der Waals surface area contributed by atoms with E-state index in [4.69, 9.17) is 4.74 Å². The molecule has 1 aromatic heterocycles. The van der Waals surface area contributed by atoms with Crippen molar-refractivity contribution in [3.05, 3.63) is 41.7 Å². The Balaban J connectivity index is 1.70. The summed E-state index contributed by atoms with van der Waals surface area (Å²) in [5, 5.41) is 0.846. The number of carbonyl (C=O) groups excluding carboxylic acids is 1. The van der Waals surface area contributed by atoms with Crippen molar-refractivity contribution >= 4 is 17.7 Å². The fourth-order valence-electron chi connectivity index (χ4n) is 2.69. The Morgan fingerprint density at radius 2 is 2.09 bits per heavy atom. The lowest BCUT2D eigenvalue weighted by atomic mass is 10.1. The summed E-state index contributed by atoms with van der Waals surface area (Å²) < 4.78 is 7.33. The molecule has 0 bridgehead atoms. The zero-order chi connectivity index (χ0) is 16.2. The highest BCUT2D eigenvalue weighted by Gasteiger charge is 2.18. The zero-order valence-corrected chi connectivity index (χ0v) is 14.3. The summed E-state index contributed by atoms with van der Waals surface area (Å²) in [5.74, 6) is 0.551. The molecule has 1 aliphatic rings.